The van der Waals surface area contributed by atoms with Crippen molar-refractivity contribution in [1.82, 2.24) is 10.2 Å². The smallest absolute Gasteiger partial charge is 0.259 e. The molecule has 1 aliphatic carbocycles. The predicted molar refractivity (Wildman–Crippen MR) is 113 cm³/mol. The summed E-state index contributed by atoms with van der Waals surface area (Å²) in [4.78, 5) is 26.8. The predicted octanol–water partition coefficient (Wildman–Crippen LogP) is 1.62. The number of amidine groups is 1. The molecule has 1 heterocycles. The van der Waals surface area contributed by atoms with Crippen LogP contribution in [0.15, 0.2) is 58.5 Å². The van der Waals surface area contributed by atoms with E-state index in [1.54, 1.807) is 24.3 Å². The number of nitrogen functional groups attached to an aromatic ring is 1. The first-order valence-corrected chi connectivity index (χ1v) is 9.53. The van der Waals surface area contributed by atoms with E-state index < -0.39 is 18.0 Å². The van der Waals surface area contributed by atoms with Gasteiger partial charge in [0.15, 0.2) is 5.78 Å². The Bertz CT molecular complexity index is 1010. The molecule has 9 heteroatoms. The van der Waals surface area contributed by atoms with E-state index in [1.165, 1.54) is 13.1 Å². The Kier molecular flexibility index (Phi) is 5.66. The Hall–Kier alpha value is -3.59. The van der Waals surface area contributed by atoms with Crippen LogP contribution in [0.3, 0.4) is 0 Å². The first-order chi connectivity index (χ1) is 14.1. The van der Waals surface area contributed by atoms with Crippen LogP contribution in [0, 0.1) is 11.3 Å². The first-order valence-electron chi connectivity index (χ1n) is 9.53. The Labute approximate surface area is 174 Å². The number of carbonyl (C=O) groups is 2. The number of allylic oxidation sites excluding steroid dienone is 3. The number of aliphatic hydroxyl groups is 2. The van der Waals surface area contributed by atoms with Crippen LogP contribution in [-0.4, -0.2) is 46.0 Å². The number of nitrogens with one attached hydrogen (secondary N) is 3. The van der Waals surface area contributed by atoms with Crippen molar-refractivity contribution < 1.29 is 19.8 Å². The highest BCUT2D eigenvalue weighted by Gasteiger charge is 2.39. The molecule has 0 bridgehead atoms. The van der Waals surface area contributed by atoms with Crippen molar-refractivity contribution in [3.63, 3.8) is 0 Å². The lowest BCUT2D eigenvalue weighted by atomic mass is 9.81. The zero-order valence-electron chi connectivity index (χ0n) is 17.0. The van der Waals surface area contributed by atoms with Gasteiger partial charge in [0.2, 0.25) is 6.35 Å². The van der Waals surface area contributed by atoms with Gasteiger partial charge in [0.05, 0.1) is 11.3 Å². The van der Waals surface area contributed by atoms with E-state index in [2.05, 4.69) is 10.6 Å². The molecule has 7 N–H and O–H groups in total. The maximum absolute atomic E-state index is 13.1. The van der Waals surface area contributed by atoms with Crippen molar-refractivity contribution in [1.29, 1.82) is 5.41 Å². The summed E-state index contributed by atoms with van der Waals surface area (Å²) in [5.74, 6) is -2.00. The second kappa shape index (κ2) is 8.03. The number of aliphatic hydroxyl groups excluding tert-OH is 2. The van der Waals surface area contributed by atoms with Crippen molar-refractivity contribution in [2.45, 2.75) is 26.6 Å². The molecule has 2 unspecified atom stereocenters. The standard InChI is InChI=1S/C21H25N5O4/c1-4-10(2)15-16(17-19(23)26(3)21(30)25-20(17)29)14(27)9-13(18(15)28)24-12-7-5-11(22)6-8-12/h5-10,21,23-24,28,30H,4,22H2,1-3H3,(H,25,29). The van der Waals surface area contributed by atoms with Gasteiger partial charge < -0.3 is 31.5 Å². The van der Waals surface area contributed by atoms with Crippen LogP contribution in [0.5, 0.6) is 0 Å². The zero-order valence-corrected chi connectivity index (χ0v) is 17.0. The van der Waals surface area contributed by atoms with E-state index in [-0.39, 0.29) is 39.9 Å². The number of nitrogens with zero attached hydrogens (tertiary/aromatic N) is 1. The van der Waals surface area contributed by atoms with Crippen molar-refractivity contribution >= 4 is 28.9 Å². The Morgan fingerprint density at radius 3 is 2.50 bits per heavy atom. The van der Waals surface area contributed by atoms with Crippen LogP contribution >= 0.6 is 0 Å². The van der Waals surface area contributed by atoms with Gasteiger partial charge in [-0.05, 0) is 36.6 Å². The number of hydrogen-bond acceptors (Lipinski definition) is 7. The molecule has 1 amide bonds. The van der Waals surface area contributed by atoms with Gasteiger partial charge in [0.25, 0.3) is 5.91 Å². The number of hydrogen-bond donors (Lipinski definition) is 6. The molecule has 9 nitrogen and oxygen atoms in total. The molecule has 2 aliphatic rings. The highest BCUT2D eigenvalue weighted by molar-refractivity contribution is 6.28. The van der Waals surface area contributed by atoms with Crippen LogP contribution in [0.25, 0.3) is 0 Å². The molecule has 2 atom stereocenters. The van der Waals surface area contributed by atoms with Gasteiger partial charge in [-0.25, -0.2) is 0 Å². The molecule has 30 heavy (non-hydrogen) atoms. The van der Waals surface area contributed by atoms with E-state index in [4.69, 9.17) is 11.1 Å². The van der Waals surface area contributed by atoms with Gasteiger partial charge in [0.1, 0.15) is 11.6 Å². The fourth-order valence-corrected chi connectivity index (χ4v) is 3.35. The lowest BCUT2D eigenvalue weighted by Gasteiger charge is -2.34. The molecular formula is C21H25N5O4. The molecule has 1 saturated heterocycles. The monoisotopic (exact) mass is 411 g/mol. The highest BCUT2D eigenvalue weighted by atomic mass is 16.3. The minimum Gasteiger partial charge on any atom is -0.505 e. The fraction of sp³-hybridized carbons (Fsp3) is 0.286. The Balaban J connectivity index is 2.14. The molecule has 0 spiro atoms. The molecule has 0 saturated carbocycles. The van der Waals surface area contributed by atoms with Gasteiger partial charge in [-0.15, -0.1) is 0 Å². The Morgan fingerprint density at radius 1 is 1.27 bits per heavy atom. The van der Waals surface area contributed by atoms with Crippen molar-refractivity contribution in [2.24, 2.45) is 5.92 Å². The minimum atomic E-state index is -1.36. The first kappa shape index (κ1) is 21.1. The summed E-state index contributed by atoms with van der Waals surface area (Å²) in [6, 6.07) is 6.80. The number of amides is 1. The fourth-order valence-electron chi connectivity index (χ4n) is 3.35. The number of likely N-dealkylation sites (N-methyl/N-ethyl adjacent to an activating group) is 1. The molecule has 1 aliphatic heterocycles. The maximum Gasteiger partial charge on any atom is 0.259 e. The molecule has 1 fully saturated rings. The zero-order chi connectivity index (χ0) is 22.2. The van der Waals surface area contributed by atoms with E-state index >= 15 is 0 Å². The largest absolute Gasteiger partial charge is 0.505 e. The summed E-state index contributed by atoms with van der Waals surface area (Å²) < 4.78 is 0. The van der Waals surface area contributed by atoms with Crippen LogP contribution in [0.1, 0.15) is 20.3 Å². The Morgan fingerprint density at radius 2 is 1.90 bits per heavy atom. The molecule has 0 radical (unpaired) electrons. The van der Waals surface area contributed by atoms with Crippen molar-refractivity contribution in [3.8, 4) is 0 Å². The van der Waals surface area contributed by atoms with Gasteiger partial charge >= 0.3 is 0 Å². The summed E-state index contributed by atoms with van der Waals surface area (Å²) in [5, 5.41) is 34.5. The van der Waals surface area contributed by atoms with Crippen LogP contribution < -0.4 is 16.4 Å². The SMILES string of the molecule is CCC(C)C1=C(O)C(Nc2ccc(N)cc2)=CC(=O)C1=C1C(=N)N(C)C(O)NC1=O. The number of anilines is 2. The maximum atomic E-state index is 13.1. The van der Waals surface area contributed by atoms with Crippen LogP contribution in [0.2, 0.25) is 0 Å². The third-order valence-corrected chi connectivity index (χ3v) is 5.29. The average molecular weight is 411 g/mol. The van der Waals surface area contributed by atoms with E-state index in [0.717, 1.165) is 4.90 Å². The van der Waals surface area contributed by atoms with Crippen molar-refractivity contribution in [2.75, 3.05) is 18.1 Å². The molecule has 1 aromatic carbocycles. The van der Waals surface area contributed by atoms with E-state index in [0.29, 0.717) is 17.8 Å². The number of benzene rings is 1. The average Bonchev–Trinajstić information content (AvgIpc) is 2.71. The van der Waals surface area contributed by atoms with Gasteiger partial charge in [-0.3, -0.25) is 15.0 Å². The summed E-state index contributed by atoms with van der Waals surface area (Å²) in [6.45, 7) is 3.72. The van der Waals surface area contributed by atoms with Gasteiger partial charge in [-0.1, -0.05) is 13.8 Å². The molecular weight excluding hydrogens is 386 g/mol. The molecule has 158 valence electrons. The van der Waals surface area contributed by atoms with E-state index in [9.17, 15) is 19.8 Å². The second-order valence-electron chi connectivity index (χ2n) is 7.30. The minimum absolute atomic E-state index is 0.0362. The highest BCUT2D eigenvalue weighted by Crippen LogP contribution is 2.36. The lowest BCUT2D eigenvalue weighted by molar-refractivity contribution is -0.124. The van der Waals surface area contributed by atoms with E-state index in [1.807, 2.05) is 13.8 Å². The summed E-state index contributed by atoms with van der Waals surface area (Å²) in [7, 11) is 1.43. The topological polar surface area (TPSA) is 152 Å². The number of carbonyl (C=O) groups excluding carboxylic acids is 2. The van der Waals surface area contributed by atoms with Gasteiger partial charge in [-0.2, -0.15) is 0 Å². The normalized spacial score (nSPS) is 23.3. The quantitative estimate of drug-likeness (QED) is 0.325. The number of nitrogens with two attached hydrogens (primary N) is 1. The van der Waals surface area contributed by atoms with Crippen molar-refractivity contribution in [3.05, 3.63) is 58.5 Å². The number of ketones is 1. The van der Waals surface area contributed by atoms with Gasteiger partial charge in [0, 0.05) is 35.6 Å². The second-order valence-corrected chi connectivity index (χ2v) is 7.30. The summed E-state index contributed by atoms with van der Waals surface area (Å²) in [5.41, 5.74) is 7.16. The van der Waals surface area contributed by atoms with Crippen LogP contribution in [0.4, 0.5) is 11.4 Å². The third-order valence-electron chi connectivity index (χ3n) is 5.29. The van der Waals surface area contributed by atoms with Crippen LogP contribution in [-0.2, 0) is 9.59 Å². The molecule has 1 aromatic rings. The number of rotatable bonds is 4. The molecule has 0 aromatic heterocycles. The summed E-state index contributed by atoms with van der Waals surface area (Å²) in [6.07, 6.45) is 0.424. The lowest BCUT2D eigenvalue weighted by Crippen LogP contribution is -2.56. The molecule has 3 rings (SSSR count). The third kappa shape index (κ3) is 3.67. The summed E-state index contributed by atoms with van der Waals surface area (Å²) >= 11 is 0.